The largest absolute Gasteiger partial charge is 0.397 e. The lowest BCUT2D eigenvalue weighted by Gasteiger charge is -2.33. The topological polar surface area (TPSA) is 132 Å². The van der Waals surface area contributed by atoms with Crippen LogP contribution in [0.3, 0.4) is 0 Å². The number of hydrogen-bond donors (Lipinski definition) is 2. The van der Waals surface area contributed by atoms with Crippen LogP contribution in [0.2, 0.25) is 0 Å². The molecule has 0 aliphatic carbocycles. The molecule has 2 aliphatic heterocycles. The number of nitrogens with zero attached hydrogens (tertiary/aromatic N) is 7. The molecule has 2 aromatic heterocycles. The predicted octanol–water partition coefficient (Wildman–Crippen LogP) is 3.10. The SMILES string of the molecule is Cc1c(CN2CCC(Nc3c(NC(=O)CC(F)(F)F)ncn3C)CC2)ccc2c1cc(C#N)n2CCN1CCN(S(C)(=O)=O)CC1. The van der Waals surface area contributed by atoms with E-state index in [1.165, 1.54) is 22.5 Å². The van der Waals surface area contributed by atoms with Crippen LogP contribution in [0.25, 0.3) is 10.9 Å². The van der Waals surface area contributed by atoms with E-state index in [2.05, 4.69) is 50.5 Å². The number of imidazole rings is 1. The zero-order chi connectivity index (χ0) is 33.2. The molecule has 0 spiro atoms. The molecule has 1 aromatic carbocycles. The maximum absolute atomic E-state index is 12.6. The molecule has 1 amide bonds. The Morgan fingerprint density at radius 2 is 1.78 bits per heavy atom. The number of piperazine rings is 1. The van der Waals surface area contributed by atoms with Crippen LogP contribution >= 0.6 is 0 Å². The van der Waals surface area contributed by atoms with Crippen molar-refractivity contribution < 1.29 is 26.4 Å². The van der Waals surface area contributed by atoms with E-state index in [1.807, 2.05) is 10.6 Å². The van der Waals surface area contributed by atoms with Gasteiger partial charge in [-0.15, -0.1) is 0 Å². The van der Waals surface area contributed by atoms with Gasteiger partial charge in [0.05, 0.1) is 12.6 Å². The number of likely N-dealkylation sites (tertiary alicyclic amines) is 1. The third-order valence-electron chi connectivity index (χ3n) is 8.90. The van der Waals surface area contributed by atoms with Crippen molar-refractivity contribution in [1.82, 2.24) is 28.2 Å². The number of nitrogens with one attached hydrogen (secondary N) is 2. The van der Waals surface area contributed by atoms with E-state index in [0.717, 1.165) is 55.5 Å². The van der Waals surface area contributed by atoms with E-state index in [9.17, 15) is 31.6 Å². The number of rotatable bonds is 10. The van der Waals surface area contributed by atoms with Gasteiger partial charge in [0.2, 0.25) is 15.9 Å². The Morgan fingerprint density at radius 3 is 2.41 bits per heavy atom. The maximum Gasteiger partial charge on any atom is 0.397 e. The molecule has 250 valence electrons. The molecule has 12 nitrogen and oxygen atoms in total. The molecule has 46 heavy (non-hydrogen) atoms. The Morgan fingerprint density at radius 1 is 1.09 bits per heavy atom. The predicted molar refractivity (Wildman–Crippen MR) is 169 cm³/mol. The number of carbonyl (C=O) groups is 1. The van der Waals surface area contributed by atoms with E-state index in [4.69, 9.17) is 0 Å². The van der Waals surface area contributed by atoms with Crippen molar-refractivity contribution in [3.63, 3.8) is 0 Å². The van der Waals surface area contributed by atoms with Crippen molar-refractivity contribution in [3.8, 4) is 6.07 Å². The quantitative estimate of drug-likeness (QED) is 0.339. The number of aromatic nitrogens is 3. The van der Waals surface area contributed by atoms with Crippen LogP contribution in [0.5, 0.6) is 0 Å². The molecule has 16 heteroatoms. The Hall–Kier alpha value is -3.65. The van der Waals surface area contributed by atoms with Gasteiger partial charge in [0.25, 0.3) is 0 Å². The minimum atomic E-state index is -4.59. The second kappa shape index (κ2) is 13.6. The van der Waals surface area contributed by atoms with Gasteiger partial charge in [-0.1, -0.05) is 6.07 Å². The number of piperidine rings is 1. The minimum absolute atomic E-state index is 0.0649. The van der Waals surface area contributed by atoms with Crippen LogP contribution in [0, 0.1) is 18.3 Å². The number of anilines is 2. The second-order valence-electron chi connectivity index (χ2n) is 12.2. The van der Waals surface area contributed by atoms with Crippen molar-refractivity contribution in [1.29, 1.82) is 5.26 Å². The fourth-order valence-corrected chi connectivity index (χ4v) is 7.10. The summed E-state index contributed by atoms with van der Waals surface area (Å²) < 4.78 is 66.7. The maximum atomic E-state index is 12.6. The summed E-state index contributed by atoms with van der Waals surface area (Å²) in [6.07, 6.45) is -1.87. The summed E-state index contributed by atoms with van der Waals surface area (Å²) in [6, 6.07) is 8.55. The molecule has 5 rings (SSSR count). The number of nitriles is 1. The van der Waals surface area contributed by atoms with E-state index in [0.29, 0.717) is 44.2 Å². The van der Waals surface area contributed by atoms with Gasteiger partial charge in [0, 0.05) is 82.9 Å². The van der Waals surface area contributed by atoms with Gasteiger partial charge >= 0.3 is 6.18 Å². The van der Waals surface area contributed by atoms with Crippen LogP contribution in [0.1, 0.15) is 36.1 Å². The molecule has 2 saturated heterocycles. The van der Waals surface area contributed by atoms with E-state index < -0.39 is 28.5 Å². The van der Waals surface area contributed by atoms with Gasteiger partial charge in [-0.3, -0.25) is 14.6 Å². The summed E-state index contributed by atoms with van der Waals surface area (Å²) in [5.41, 5.74) is 3.91. The highest BCUT2D eigenvalue weighted by atomic mass is 32.2. The normalized spacial score (nSPS) is 17.8. The first-order valence-corrected chi connectivity index (χ1v) is 17.1. The van der Waals surface area contributed by atoms with E-state index >= 15 is 0 Å². The number of amides is 1. The highest BCUT2D eigenvalue weighted by molar-refractivity contribution is 7.88. The first kappa shape index (κ1) is 33.7. The highest BCUT2D eigenvalue weighted by Gasteiger charge is 2.32. The van der Waals surface area contributed by atoms with Gasteiger partial charge in [0.15, 0.2) is 11.6 Å². The summed E-state index contributed by atoms with van der Waals surface area (Å²) in [7, 11) is -1.47. The third-order valence-corrected chi connectivity index (χ3v) is 10.2. The Balaban J connectivity index is 1.17. The molecule has 3 aromatic rings. The van der Waals surface area contributed by atoms with E-state index in [-0.39, 0.29) is 11.9 Å². The number of fused-ring (bicyclic) bond motifs is 1. The van der Waals surface area contributed by atoms with E-state index in [1.54, 1.807) is 11.6 Å². The molecule has 2 N–H and O–H groups in total. The van der Waals surface area contributed by atoms with Crippen LogP contribution in [-0.4, -0.2) is 107 Å². The lowest BCUT2D eigenvalue weighted by atomic mass is 10.0. The van der Waals surface area contributed by atoms with Crippen molar-refractivity contribution in [2.75, 3.05) is 62.7 Å². The van der Waals surface area contributed by atoms with Gasteiger partial charge in [-0.05, 0) is 43.0 Å². The lowest BCUT2D eigenvalue weighted by molar-refractivity contribution is -0.150. The van der Waals surface area contributed by atoms with Crippen LogP contribution in [-0.2, 0) is 35.0 Å². The molecular weight excluding hydrogens is 623 g/mol. The van der Waals surface area contributed by atoms with Crippen molar-refractivity contribution >= 4 is 38.5 Å². The Kier molecular flexibility index (Phi) is 9.97. The van der Waals surface area contributed by atoms with Crippen molar-refractivity contribution in [3.05, 3.63) is 41.3 Å². The Labute approximate surface area is 266 Å². The van der Waals surface area contributed by atoms with Gasteiger partial charge in [-0.25, -0.2) is 13.4 Å². The van der Waals surface area contributed by atoms with Crippen LogP contribution in [0.15, 0.2) is 24.5 Å². The monoisotopic (exact) mass is 663 g/mol. The number of halogens is 3. The number of alkyl halides is 3. The summed E-state index contributed by atoms with van der Waals surface area (Å²) in [5, 5.41) is 16.6. The van der Waals surface area contributed by atoms with Gasteiger partial charge in [-0.2, -0.15) is 22.7 Å². The summed E-state index contributed by atoms with van der Waals surface area (Å²) in [6.45, 7) is 8.06. The van der Waals surface area contributed by atoms with Gasteiger partial charge in [0.1, 0.15) is 18.2 Å². The molecule has 0 bridgehead atoms. The zero-order valence-corrected chi connectivity index (χ0v) is 27.1. The van der Waals surface area contributed by atoms with Gasteiger partial charge < -0.3 is 19.8 Å². The standard InChI is InChI=1S/C30H40F3N9O3S/c1-21-22(4-5-26-25(21)16-24(18-34)42(26)15-12-39-10-13-41(14-11-39)46(3,44)45)19-40-8-6-23(7-9-40)36-29-28(35-20-38(29)2)37-27(43)17-30(31,32)33/h4-5,16,20,23,36H,6-15,17,19H2,1-3H3,(H,37,43). The average molecular weight is 664 g/mol. The number of hydrogen-bond acceptors (Lipinski definition) is 8. The summed E-state index contributed by atoms with van der Waals surface area (Å²) in [4.78, 5) is 20.5. The second-order valence-corrected chi connectivity index (χ2v) is 14.1. The smallest absolute Gasteiger partial charge is 0.366 e. The lowest BCUT2D eigenvalue weighted by Crippen LogP contribution is -2.48. The molecule has 0 atom stereocenters. The number of aryl methyl sites for hydroxylation is 2. The molecule has 4 heterocycles. The highest BCUT2D eigenvalue weighted by Crippen LogP contribution is 2.29. The number of carbonyl (C=O) groups excluding carboxylic acids is 1. The molecule has 2 fully saturated rings. The van der Waals surface area contributed by atoms with Crippen LogP contribution < -0.4 is 10.6 Å². The van der Waals surface area contributed by atoms with Crippen LogP contribution in [0.4, 0.5) is 24.8 Å². The average Bonchev–Trinajstić information content (AvgIpc) is 3.52. The first-order valence-electron chi connectivity index (χ1n) is 15.3. The fraction of sp³-hybridized carbons (Fsp3) is 0.567. The molecule has 0 radical (unpaired) electrons. The summed E-state index contributed by atoms with van der Waals surface area (Å²) in [5.74, 6) is -0.593. The Bertz CT molecular complexity index is 1710. The third kappa shape index (κ3) is 8.00. The minimum Gasteiger partial charge on any atom is -0.366 e. The number of sulfonamides is 1. The zero-order valence-electron chi connectivity index (χ0n) is 26.3. The van der Waals surface area contributed by atoms with Crippen molar-refractivity contribution in [2.45, 2.75) is 51.5 Å². The molecule has 2 aliphatic rings. The molecule has 0 saturated carbocycles. The molecular formula is C30H40F3N9O3S. The fourth-order valence-electron chi connectivity index (χ4n) is 6.27. The number of benzene rings is 1. The molecule has 0 unspecified atom stereocenters. The van der Waals surface area contributed by atoms with Crippen molar-refractivity contribution in [2.24, 2.45) is 7.05 Å². The summed E-state index contributed by atoms with van der Waals surface area (Å²) >= 11 is 0. The first-order chi connectivity index (χ1) is 21.7.